The molecular weight excluding hydrogens is 542 g/mol. The molecule has 0 radical (unpaired) electrons. The van der Waals surface area contributed by atoms with E-state index in [2.05, 4.69) is 24.5 Å². The highest BCUT2D eigenvalue weighted by atomic mass is 35.5. The number of rotatable bonds is 8. The number of amides is 3. The molecule has 5 atom stereocenters. The van der Waals surface area contributed by atoms with Crippen molar-refractivity contribution in [1.29, 1.82) is 0 Å². The number of ether oxygens (including phenoxy) is 2. The summed E-state index contributed by atoms with van der Waals surface area (Å²) in [6.45, 7) is 8.06. The molecule has 1 aliphatic carbocycles. The van der Waals surface area contributed by atoms with Crippen LogP contribution in [0.3, 0.4) is 0 Å². The fourth-order valence-corrected chi connectivity index (χ4v) is 6.33. The lowest BCUT2D eigenvalue weighted by Gasteiger charge is -2.38. The molecule has 2 aromatic carbocycles. The molecule has 1 heterocycles. The molecule has 2 aliphatic rings. The van der Waals surface area contributed by atoms with Gasteiger partial charge in [0, 0.05) is 36.5 Å². The molecule has 4 rings (SSSR count). The third-order valence-electron chi connectivity index (χ3n) is 8.64. The maximum Gasteiger partial charge on any atom is 0.254 e. The third kappa shape index (κ3) is 6.60. The van der Waals surface area contributed by atoms with Gasteiger partial charge in [-0.05, 0) is 73.6 Å². The Kier molecular flexibility index (Phi) is 9.44. The largest absolute Gasteiger partial charge is 0.497 e. The maximum absolute atomic E-state index is 14.1. The van der Waals surface area contributed by atoms with E-state index in [0.29, 0.717) is 28.3 Å². The number of halogens is 1. The number of anilines is 1. The first kappa shape index (κ1) is 30.6. The summed E-state index contributed by atoms with van der Waals surface area (Å²) in [6, 6.07) is 11.5. The van der Waals surface area contributed by atoms with Gasteiger partial charge in [-0.1, -0.05) is 50.4 Å². The average Bonchev–Trinajstić information content (AvgIpc) is 3.12. The minimum Gasteiger partial charge on any atom is -0.497 e. The molecule has 41 heavy (non-hydrogen) atoms. The van der Waals surface area contributed by atoms with Crippen molar-refractivity contribution in [2.45, 2.75) is 71.2 Å². The van der Waals surface area contributed by atoms with Crippen LogP contribution in [-0.2, 0) is 25.7 Å². The number of methoxy groups -OCH3 is 2. The Balaban J connectivity index is 1.70. The number of nitrogens with zero attached hydrogens (tertiary/aromatic N) is 1. The Morgan fingerprint density at radius 1 is 1.15 bits per heavy atom. The fraction of sp³-hybridized carbons (Fsp3) is 0.469. The zero-order chi connectivity index (χ0) is 29.9. The standard InChI is InChI=1S/C32H40ClN3O5/c1-19-13-23(33)16-24(14-19)34-28(37)17-26-31(39)36(18-22-10-8-11-25(15-22)40-5)29(32(26,4)41-6)30(38)35-27-12-7-9-20(2)21(27)3/h8,10-11,13-17,20-21,27,29H,7,9,12,18H2,1-6H3,(H,34,37)(H,35,38)/b26-17+. The molecule has 220 valence electrons. The molecule has 2 aromatic rings. The van der Waals surface area contributed by atoms with E-state index < -0.39 is 23.5 Å². The van der Waals surface area contributed by atoms with Gasteiger partial charge in [0.1, 0.15) is 17.4 Å². The Bertz CT molecular complexity index is 1320. The van der Waals surface area contributed by atoms with E-state index in [0.717, 1.165) is 30.4 Å². The summed E-state index contributed by atoms with van der Waals surface area (Å²) in [5.41, 5.74) is 0.888. The Labute approximate surface area is 247 Å². The Morgan fingerprint density at radius 3 is 2.59 bits per heavy atom. The second kappa shape index (κ2) is 12.7. The minimum atomic E-state index is -1.38. The van der Waals surface area contributed by atoms with E-state index in [4.69, 9.17) is 21.1 Å². The topological polar surface area (TPSA) is 97.0 Å². The van der Waals surface area contributed by atoms with Crippen molar-refractivity contribution in [3.63, 3.8) is 0 Å². The second-order valence-corrected chi connectivity index (χ2v) is 11.9. The van der Waals surface area contributed by atoms with Crippen LogP contribution in [0.1, 0.15) is 51.2 Å². The molecule has 5 unspecified atom stereocenters. The monoisotopic (exact) mass is 581 g/mol. The molecule has 1 aliphatic heterocycles. The lowest BCUT2D eigenvalue weighted by atomic mass is 9.78. The number of hydrogen-bond donors (Lipinski definition) is 2. The van der Waals surface area contributed by atoms with Gasteiger partial charge in [0.15, 0.2) is 0 Å². The van der Waals surface area contributed by atoms with Crippen LogP contribution < -0.4 is 15.4 Å². The molecule has 0 bridgehead atoms. The van der Waals surface area contributed by atoms with E-state index >= 15 is 0 Å². The number of likely N-dealkylation sites (tertiary alicyclic amines) is 1. The lowest BCUT2D eigenvalue weighted by Crippen LogP contribution is -2.57. The van der Waals surface area contributed by atoms with Crippen molar-refractivity contribution in [2.24, 2.45) is 11.8 Å². The molecular formula is C32H40ClN3O5. The van der Waals surface area contributed by atoms with Crippen LogP contribution >= 0.6 is 11.6 Å². The fourth-order valence-electron chi connectivity index (χ4n) is 6.04. The van der Waals surface area contributed by atoms with Gasteiger partial charge in [0.25, 0.3) is 5.91 Å². The summed E-state index contributed by atoms with van der Waals surface area (Å²) in [4.78, 5) is 42.8. The van der Waals surface area contributed by atoms with Crippen molar-refractivity contribution in [2.75, 3.05) is 19.5 Å². The molecule has 0 spiro atoms. The summed E-state index contributed by atoms with van der Waals surface area (Å²) in [7, 11) is 3.03. The highest BCUT2D eigenvalue weighted by Crippen LogP contribution is 2.39. The van der Waals surface area contributed by atoms with E-state index in [1.807, 2.05) is 31.2 Å². The first-order valence-corrected chi connectivity index (χ1v) is 14.4. The molecule has 1 saturated carbocycles. The molecule has 9 heteroatoms. The van der Waals surface area contributed by atoms with Crippen LogP contribution in [-0.4, -0.2) is 54.5 Å². The van der Waals surface area contributed by atoms with Crippen LogP contribution in [0.2, 0.25) is 5.02 Å². The predicted octanol–water partition coefficient (Wildman–Crippen LogP) is 5.28. The van der Waals surface area contributed by atoms with Gasteiger partial charge in [-0.25, -0.2) is 0 Å². The Hall–Kier alpha value is -3.36. The SMILES string of the molecule is COc1cccc(CN2C(=O)/C(=C\C(=O)Nc3cc(C)cc(Cl)c3)C(C)(OC)C2C(=O)NC2CCCC(C)C2C)c1. The van der Waals surface area contributed by atoms with Gasteiger partial charge >= 0.3 is 0 Å². The van der Waals surface area contributed by atoms with Crippen molar-refractivity contribution in [3.8, 4) is 5.75 Å². The second-order valence-electron chi connectivity index (χ2n) is 11.4. The van der Waals surface area contributed by atoms with Gasteiger partial charge in [-0.15, -0.1) is 0 Å². The number of benzene rings is 2. The summed E-state index contributed by atoms with van der Waals surface area (Å²) >= 11 is 6.16. The van der Waals surface area contributed by atoms with Crippen LogP contribution in [0.5, 0.6) is 5.75 Å². The average molecular weight is 582 g/mol. The predicted molar refractivity (Wildman–Crippen MR) is 160 cm³/mol. The molecule has 8 nitrogen and oxygen atoms in total. The summed E-state index contributed by atoms with van der Waals surface area (Å²) in [6.07, 6.45) is 4.27. The highest BCUT2D eigenvalue weighted by molar-refractivity contribution is 6.31. The van der Waals surface area contributed by atoms with Crippen molar-refractivity contribution < 1.29 is 23.9 Å². The number of nitrogens with one attached hydrogen (secondary N) is 2. The van der Waals surface area contributed by atoms with E-state index in [1.165, 1.54) is 18.1 Å². The van der Waals surface area contributed by atoms with Crippen molar-refractivity contribution in [1.82, 2.24) is 10.2 Å². The molecule has 3 amide bonds. The van der Waals surface area contributed by atoms with Gasteiger partial charge in [0.05, 0.1) is 12.7 Å². The normalized spacial score (nSPS) is 27.1. The molecule has 2 N–H and O–H groups in total. The lowest BCUT2D eigenvalue weighted by molar-refractivity contribution is -0.139. The van der Waals surface area contributed by atoms with Gasteiger partial charge in [0.2, 0.25) is 11.8 Å². The van der Waals surface area contributed by atoms with Crippen LogP contribution in [0, 0.1) is 18.8 Å². The highest BCUT2D eigenvalue weighted by Gasteiger charge is 2.57. The quantitative estimate of drug-likeness (QED) is 0.414. The van der Waals surface area contributed by atoms with E-state index in [-0.39, 0.29) is 24.1 Å². The zero-order valence-corrected chi connectivity index (χ0v) is 25.4. The molecule has 1 saturated heterocycles. The minimum absolute atomic E-state index is 0.0106. The zero-order valence-electron chi connectivity index (χ0n) is 24.6. The van der Waals surface area contributed by atoms with Gasteiger partial charge < -0.3 is 25.0 Å². The number of carbonyl (C=O) groups is 3. The summed E-state index contributed by atoms with van der Waals surface area (Å²) in [5.74, 6) is 0.158. The first-order valence-electron chi connectivity index (χ1n) is 14.1. The van der Waals surface area contributed by atoms with Gasteiger partial charge in [-0.2, -0.15) is 0 Å². The third-order valence-corrected chi connectivity index (χ3v) is 8.86. The summed E-state index contributed by atoms with van der Waals surface area (Å²) < 4.78 is 11.3. The van der Waals surface area contributed by atoms with Crippen molar-refractivity contribution in [3.05, 3.63) is 70.3 Å². The summed E-state index contributed by atoms with van der Waals surface area (Å²) in [5, 5.41) is 6.51. The van der Waals surface area contributed by atoms with Crippen LogP contribution in [0.15, 0.2) is 54.1 Å². The maximum atomic E-state index is 14.1. The number of carbonyl (C=O) groups excluding carboxylic acids is 3. The van der Waals surface area contributed by atoms with E-state index in [9.17, 15) is 14.4 Å². The van der Waals surface area contributed by atoms with Crippen LogP contribution in [0.25, 0.3) is 0 Å². The first-order chi connectivity index (χ1) is 19.5. The molecule has 2 fully saturated rings. The van der Waals surface area contributed by atoms with E-state index in [1.54, 1.807) is 32.2 Å². The Morgan fingerprint density at radius 2 is 1.90 bits per heavy atom. The van der Waals surface area contributed by atoms with Crippen LogP contribution in [0.4, 0.5) is 5.69 Å². The van der Waals surface area contributed by atoms with Gasteiger partial charge in [-0.3, -0.25) is 14.4 Å². The number of hydrogen-bond acceptors (Lipinski definition) is 5. The number of aryl methyl sites for hydroxylation is 1. The van der Waals surface area contributed by atoms with Crippen molar-refractivity contribution >= 4 is 35.0 Å². The smallest absolute Gasteiger partial charge is 0.254 e. The molecule has 0 aromatic heterocycles.